The van der Waals surface area contributed by atoms with Gasteiger partial charge in [-0.2, -0.15) is 0 Å². The van der Waals surface area contributed by atoms with Crippen molar-refractivity contribution in [2.75, 3.05) is 13.2 Å². The molecule has 1 unspecified atom stereocenters. The van der Waals surface area contributed by atoms with Crippen molar-refractivity contribution in [1.82, 2.24) is 0 Å². The Morgan fingerprint density at radius 3 is 2.33 bits per heavy atom. The average Bonchev–Trinajstić information content (AvgIpc) is 2.13. The van der Waals surface area contributed by atoms with Gasteiger partial charge in [0.15, 0.2) is 0 Å². The molecule has 1 aliphatic heterocycles. The lowest BCUT2D eigenvalue weighted by Gasteiger charge is -2.15. The predicted octanol–water partition coefficient (Wildman–Crippen LogP) is 0.650. The van der Waals surface area contributed by atoms with Crippen LogP contribution in [-0.4, -0.2) is 24.4 Å². The van der Waals surface area contributed by atoms with Crippen molar-refractivity contribution >= 4 is 0 Å². The smallest absolute Gasteiger partial charge is 0.0826 e. The molecule has 0 aromatic heterocycles. The first-order valence-electron chi connectivity index (χ1n) is 3.47. The highest BCUT2D eigenvalue weighted by atomic mass is 16.5. The molecule has 54 valence electrons. The van der Waals surface area contributed by atoms with Gasteiger partial charge in [0.25, 0.3) is 0 Å². The van der Waals surface area contributed by atoms with E-state index in [1.165, 1.54) is 0 Å². The summed E-state index contributed by atoms with van der Waals surface area (Å²) in [6.07, 6.45) is -0.218. The van der Waals surface area contributed by atoms with E-state index in [0.717, 1.165) is 6.61 Å². The second-order valence-electron chi connectivity index (χ2n) is 3.01. The third kappa shape index (κ3) is 1.43. The van der Waals surface area contributed by atoms with Crippen LogP contribution in [0.2, 0.25) is 0 Å². The van der Waals surface area contributed by atoms with Gasteiger partial charge in [0.1, 0.15) is 0 Å². The van der Waals surface area contributed by atoms with Crippen molar-refractivity contribution in [2.24, 2.45) is 11.8 Å². The third-order valence-electron chi connectivity index (χ3n) is 1.95. The number of aliphatic hydroxyl groups excluding tert-OH is 1. The molecule has 1 rings (SSSR count). The van der Waals surface area contributed by atoms with Crippen LogP contribution >= 0.6 is 0 Å². The maximum Gasteiger partial charge on any atom is 0.0826 e. The molecule has 1 aliphatic rings. The molecule has 1 fully saturated rings. The number of hydrogen-bond donors (Lipinski definition) is 1. The summed E-state index contributed by atoms with van der Waals surface area (Å²) in [4.78, 5) is 0. The van der Waals surface area contributed by atoms with Gasteiger partial charge in [0.2, 0.25) is 0 Å². The van der Waals surface area contributed by atoms with Crippen LogP contribution in [0.1, 0.15) is 13.8 Å². The normalized spacial score (nSPS) is 36.0. The topological polar surface area (TPSA) is 29.5 Å². The first-order valence-corrected chi connectivity index (χ1v) is 3.47. The van der Waals surface area contributed by atoms with Crippen LogP contribution in [0.3, 0.4) is 0 Å². The second-order valence-corrected chi connectivity index (χ2v) is 3.01. The van der Waals surface area contributed by atoms with E-state index < -0.39 is 0 Å². The Kier molecular flexibility index (Phi) is 2.09. The summed E-state index contributed by atoms with van der Waals surface area (Å²) in [5.41, 5.74) is 0. The summed E-state index contributed by atoms with van der Waals surface area (Å²) < 4.78 is 5.08. The fraction of sp³-hybridized carbons (Fsp3) is 1.00. The monoisotopic (exact) mass is 130 g/mol. The van der Waals surface area contributed by atoms with Crippen molar-refractivity contribution < 1.29 is 9.84 Å². The van der Waals surface area contributed by atoms with E-state index in [2.05, 4.69) is 13.8 Å². The Morgan fingerprint density at radius 2 is 2.11 bits per heavy atom. The van der Waals surface area contributed by atoms with Crippen molar-refractivity contribution in [3.8, 4) is 0 Å². The van der Waals surface area contributed by atoms with E-state index in [0.29, 0.717) is 18.4 Å². The molecule has 1 saturated heterocycles. The van der Waals surface area contributed by atoms with E-state index in [9.17, 15) is 5.11 Å². The van der Waals surface area contributed by atoms with Crippen LogP contribution < -0.4 is 0 Å². The summed E-state index contributed by atoms with van der Waals surface area (Å²) in [5.74, 6) is 0.910. The summed E-state index contributed by atoms with van der Waals surface area (Å²) in [5, 5.41) is 9.23. The molecule has 0 aromatic rings. The van der Waals surface area contributed by atoms with Crippen LogP contribution in [0.25, 0.3) is 0 Å². The average molecular weight is 130 g/mol. The van der Waals surface area contributed by atoms with Gasteiger partial charge in [-0.25, -0.2) is 0 Å². The molecule has 2 nitrogen and oxygen atoms in total. The Labute approximate surface area is 55.8 Å². The van der Waals surface area contributed by atoms with Gasteiger partial charge in [-0.15, -0.1) is 0 Å². The lowest BCUT2D eigenvalue weighted by molar-refractivity contribution is 0.109. The van der Waals surface area contributed by atoms with E-state index in [1.807, 2.05) is 0 Å². The zero-order chi connectivity index (χ0) is 6.85. The SMILES string of the molecule is CC(C)C1COC[C@H]1O. The molecular formula is C7H14O2. The van der Waals surface area contributed by atoms with Crippen LogP contribution in [0.4, 0.5) is 0 Å². The third-order valence-corrected chi connectivity index (χ3v) is 1.95. The minimum Gasteiger partial charge on any atom is -0.390 e. The molecule has 2 atom stereocenters. The van der Waals surface area contributed by atoms with Gasteiger partial charge in [-0.05, 0) is 5.92 Å². The number of aliphatic hydroxyl groups is 1. The Balaban J connectivity index is 2.40. The minimum absolute atomic E-state index is 0.218. The molecule has 0 spiro atoms. The molecular weight excluding hydrogens is 116 g/mol. The largest absolute Gasteiger partial charge is 0.390 e. The van der Waals surface area contributed by atoms with Crippen LogP contribution in [-0.2, 0) is 4.74 Å². The molecule has 0 aliphatic carbocycles. The van der Waals surface area contributed by atoms with Crippen LogP contribution in [0.5, 0.6) is 0 Å². The molecule has 0 aromatic carbocycles. The maximum atomic E-state index is 9.23. The fourth-order valence-electron chi connectivity index (χ4n) is 1.20. The van der Waals surface area contributed by atoms with Gasteiger partial charge >= 0.3 is 0 Å². The molecule has 0 amide bonds. The second kappa shape index (κ2) is 2.67. The van der Waals surface area contributed by atoms with Gasteiger partial charge in [0, 0.05) is 5.92 Å². The number of hydrogen-bond acceptors (Lipinski definition) is 2. The standard InChI is InChI=1S/C7H14O2/c1-5(2)6-3-9-4-7(6)8/h5-8H,3-4H2,1-2H3/t6?,7-/m1/s1. The zero-order valence-electron chi connectivity index (χ0n) is 6.00. The van der Waals surface area contributed by atoms with E-state index in [1.54, 1.807) is 0 Å². The van der Waals surface area contributed by atoms with Gasteiger partial charge in [-0.3, -0.25) is 0 Å². The molecule has 0 bridgehead atoms. The van der Waals surface area contributed by atoms with Crippen molar-refractivity contribution in [3.05, 3.63) is 0 Å². The van der Waals surface area contributed by atoms with Gasteiger partial charge < -0.3 is 9.84 Å². The molecule has 0 saturated carbocycles. The molecule has 1 heterocycles. The van der Waals surface area contributed by atoms with Crippen LogP contribution in [0.15, 0.2) is 0 Å². The highest BCUT2D eigenvalue weighted by Gasteiger charge is 2.28. The van der Waals surface area contributed by atoms with Crippen molar-refractivity contribution in [2.45, 2.75) is 20.0 Å². The highest BCUT2D eigenvalue weighted by Crippen LogP contribution is 2.21. The lowest BCUT2D eigenvalue weighted by Crippen LogP contribution is -2.22. The number of rotatable bonds is 1. The zero-order valence-corrected chi connectivity index (χ0v) is 6.00. The van der Waals surface area contributed by atoms with Gasteiger partial charge in [-0.1, -0.05) is 13.8 Å². The Hall–Kier alpha value is -0.0800. The minimum atomic E-state index is -0.218. The molecule has 2 heteroatoms. The Bertz CT molecular complexity index is 90.9. The summed E-state index contributed by atoms with van der Waals surface area (Å²) in [6.45, 7) is 5.49. The van der Waals surface area contributed by atoms with Crippen molar-refractivity contribution in [3.63, 3.8) is 0 Å². The lowest BCUT2D eigenvalue weighted by atomic mass is 9.93. The predicted molar refractivity (Wildman–Crippen MR) is 35.2 cm³/mol. The molecule has 9 heavy (non-hydrogen) atoms. The summed E-state index contributed by atoms with van der Waals surface area (Å²) in [6, 6.07) is 0. The number of ether oxygens (including phenoxy) is 1. The molecule has 0 radical (unpaired) electrons. The fourth-order valence-corrected chi connectivity index (χ4v) is 1.20. The first-order chi connectivity index (χ1) is 4.22. The van der Waals surface area contributed by atoms with E-state index in [4.69, 9.17) is 4.74 Å². The van der Waals surface area contributed by atoms with E-state index in [-0.39, 0.29) is 6.10 Å². The quantitative estimate of drug-likeness (QED) is 0.564. The van der Waals surface area contributed by atoms with Crippen LogP contribution in [0, 0.1) is 11.8 Å². The maximum absolute atomic E-state index is 9.23. The summed E-state index contributed by atoms with van der Waals surface area (Å²) >= 11 is 0. The summed E-state index contributed by atoms with van der Waals surface area (Å²) in [7, 11) is 0. The van der Waals surface area contributed by atoms with Gasteiger partial charge in [0.05, 0.1) is 19.3 Å². The first kappa shape index (κ1) is 7.03. The Morgan fingerprint density at radius 1 is 1.44 bits per heavy atom. The molecule has 1 N–H and O–H groups in total. The van der Waals surface area contributed by atoms with Crippen molar-refractivity contribution in [1.29, 1.82) is 0 Å². The highest BCUT2D eigenvalue weighted by molar-refractivity contribution is 4.75. The van der Waals surface area contributed by atoms with E-state index >= 15 is 0 Å².